The van der Waals surface area contributed by atoms with Gasteiger partial charge in [-0.2, -0.15) is 5.10 Å². The molecule has 1 aromatic carbocycles. The maximum absolute atomic E-state index is 5.32. The standard InChI is InChI=1S/C19H23N5O2/c1-3-20-19(22-14-18-5-4-12-26-18)21-13-15-10-11-24(23-15)16-6-8-17(25-2)9-7-16/h4-12H,3,13-14H2,1-2H3,(H2,20,21,22). The third-order valence-electron chi connectivity index (χ3n) is 3.73. The number of ether oxygens (including phenoxy) is 1. The van der Waals surface area contributed by atoms with E-state index in [1.54, 1.807) is 13.4 Å². The number of hydrogen-bond donors (Lipinski definition) is 2. The van der Waals surface area contributed by atoms with E-state index in [-0.39, 0.29) is 0 Å². The molecule has 0 fully saturated rings. The van der Waals surface area contributed by atoms with E-state index in [4.69, 9.17) is 9.15 Å². The average molecular weight is 353 g/mol. The van der Waals surface area contributed by atoms with Crippen LogP contribution in [0.25, 0.3) is 5.69 Å². The van der Waals surface area contributed by atoms with Crippen molar-refractivity contribution in [3.8, 4) is 11.4 Å². The molecule has 0 amide bonds. The van der Waals surface area contributed by atoms with Crippen molar-refractivity contribution in [3.63, 3.8) is 0 Å². The summed E-state index contributed by atoms with van der Waals surface area (Å²) in [5.41, 5.74) is 1.86. The van der Waals surface area contributed by atoms with Crippen LogP contribution < -0.4 is 15.4 Å². The van der Waals surface area contributed by atoms with Crippen LogP contribution in [-0.2, 0) is 13.1 Å². The molecule has 3 aromatic rings. The highest BCUT2D eigenvalue weighted by Crippen LogP contribution is 2.14. The molecule has 7 heteroatoms. The number of furan rings is 1. The lowest BCUT2D eigenvalue weighted by atomic mass is 10.3. The number of guanidine groups is 1. The molecule has 0 bridgehead atoms. The summed E-state index contributed by atoms with van der Waals surface area (Å²) in [7, 11) is 1.65. The van der Waals surface area contributed by atoms with Crippen LogP contribution in [0.2, 0.25) is 0 Å². The van der Waals surface area contributed by atoms with Crippen LogP contribution in [0.5, 0.6) is 5.75 Å². The molecule has 136 valence electrons. The molecule has 0 aliphatic rings. The SMILES string of the molecule is CCNC(=NCc1ccn(-c2ccc(OC)cc2)n1)NCc1ccco1. The second-order valence-corrected chi connectivity index (χ2v) is 5.58. The van der Waals surface area contributed by atoms with Crippen LogP contribution in [-0.4, -0.2) is 29.4 Å². The zero-order chi connectivity index (χ0) is 18.2. The molecule has 3 rings (SSSR count). The summed E-state index contributed by atoms with van der Waals surface area (Å²) in [4.78, 5) is 4.57. The van der Waals surface area contributed by atoms with Crippen LogP contribution >= 0.6 is 0 Å². The molecule has 0 saturated carbocycles. The molecule has 0 unspecified atom stereocenters. The Bertz CT molecular complexity index is 822. The van der Waals surface area contributed by atoms with Gasteiger partial charge in [0, 0.05) is 12.7 Å². The Kier molecular flexibility index (Phi) is 5.92. The summed E-state index contributed by atoms with van der Waals surface area (Å²) in [6.45, 7) is 3.88. The fraction of sp³-hybridized carbons (Fsp3) is 0.263. The molecule has 2 N–H and O–H groups in total. The number of rotatable bonds is 7. The van der Waals surface area contributed by atoms with Crippen molar-refractivity contribution < 1.29 is 9.15 Å². The maximum atomic E-state index is 5.32. The molecule has 0 spiro atoms. The van der Waals surface area contributed by atoms with E-state index in [1.807, 2.05) is 60.3 Å². The van der Waals surface area contributed by atoms with Crippen molar-refractivity contribution >= 4 is 5.96 Å². The number of nitrogens with one attached hydrogen (secondary N) is 2. The van der Waals surface area contributed by atoms with Gasteiger partial charge in [-0.3, -0.25) is 0 Å². The van der Waals surface area contributed by atoms with Gasteiger partial charge in [0.2, 0.25) is 0 Å². The second kappa shape index (κ2) is 8.75. The van der Waals surface area contributed by atoms with Crippen LogP contribution in [0, 0.1) is 0 Å². The Labute approximate surface area is 152 Å². The maximum Gasteiger partial charge on any atom is 0.192 e. The van der Waals surface area contributed by atoms with Crippen LogP contribution in [0.15, 0.2) is 64.3 Å². The Morgan fingerprint density at radius 3 is 2.73 bits per heavy atom. The topological polar surface area (TPSA) is 76.6 Å². The predicted octanol–water partition coefficient (Wildman–Crippen LogP) is 2.73. The van der Waals surface area contributed by atoms with Crippen molar-refractivity contribution in [1.29, 1.82) is 0 Å². The molecular formula is C19H23N5O2. The molecule has 26 heavy (non-hydrogen) atoms. The first kappa shape index (κ1) is 17.6. The molecular weight excluding hydrogens is 330 g/mol. The first-order chi connectivity index (χ1) is 12.8. The Balaban J connectivity index is 1.62. The number of aliphatic imine (C=N–C) groups is 1. The van der Waals surface area contributed by atoms with Gasteiger partial charge in [0.05, 0.1) is 37.8 Å². The zero-order valence-corrected chi connectivity index (χ0v) is 15.0. The Morgan fingerprint density at radius 1 is 1.19 bits per heavy atom. The minimum absolute atomic E-state index is 0.483. The van der Waals surface area contributed by atoms with E-state index < -0.39 is 0 Å². The highest BCUT2D eigenvalue weighted by molar-refractivity contribution is 5.79. The van der Waals surface area contributed by atoms with E-state index in [1.165, 1.54) is 0 Å². The van der Waals surface area contributed by atoms with Crippen LogP contribution in [0.1, 0.15) is 18.4 Å². The summed E-state index contributed by atoms with van der Waals surface area (Å²) in [6.07, 6.45) is 3.59. The van der Waals surface area contributed by atoms with Gasteiger partial charge >= 0.3 is 0 Å². The number of nitrogens with zero attached hydrogens (tertiary/aromatic N) is 3. The van der Waals surface area contributed by atoms with Gasteiger partial charge in [0.25, 0.3) is 0 Å². The average Bonchev–Trinajstić information content (AvgIpc) is 3.36. The highest BCUT2D eigenvalue weighted by atomic mass is 16.5. The zero-order valence-electron chi connectivity index (χ0n) is 15.0. The lowest BCUT2D eigenvalue weighted by Gasteiger charge is -2.09. The fourth-order valence-corrected chi connectivity index (χ4v) is 2.41. The van der Waals surface area contributed by atoms with Crippen LogP contribution in [0.4, 0.5) is 0 Å². The summed E-state index contributed by atoms with van der Waals surface area (Å²) in [5.74, 6) is 2.41. The first-order valence-electron chi connectivity index (χ1n) is 8.52. The number of aromatic nitrogens is 2. The van der Waals surface area contributed by atoms with Crippen molar-refractivity contribution in [2.45, 2.75) is 20.0 Å². The first-order valence-corrected chi connectivity index (χ1v) is 8.52. The quantitative estimate of drug-likeness (QED) is 0.504. The lowest BCUT2D eigenvalue weighted by Crippen LogP contribution is -2.36. The Morgan fingerprint density at radius 2 is 2.04 bits per heavy atom. The molecule has 0 aliphatic carbocycles. The van der Waals surface area contributed by atoms with E-state index >= 15 is 0 Å². The number of benzene rings is 1. The minimum Gasteiger partial charge on any atom is -0.497 e. The van der Waals surface area contributed by atoms with Crippen molar-refractivity contribution in [2.75, 3.05) is 13.7 Å². The smallest absolute Gasteiger partial charge is 0.192 e. The van der Waals surface area contributed by atoms with Gasteiger partial charge in [0.1, 0.15) is 11.5 Å². The van der Waals surface area contributed by atoms with Crippen LogP contribution in [0.3, 0.4) is 0 Å². The molecule has 0 aliphatic heterocycles. The predicted molar refractivity (Wildman–Crippen MR) is 100 cm³/mol. The molecule has 0 saturated heterocycles. The Hall–Kier alpha value is -3.22. The van der Waals surface area contributed by atoms with E-state index in [2.05, 4.69) is 20.7 Å². The molecule has 2 aromatic heterocycles. The molecule has 7 nitrogen and oxygen atoms in total. The van der Waals surface area contributed by atoms with Gasteiger partial charge in [-0.05, 0) is 49.4 Å². The van der Waals surface area contributed by atoms with E-state index in [0.29, 0.717) is 13.1 Å². The van der Waals surface area contributed by atoms with Gasteiger partial charge in [-0.15, -0.1) is 0 Å². The monoisotopic (exact) mass is 353 g/mol. The molecule has 0 atom stereocenters. The fourth-order valence-electron chi connectivity index (χ4n) is 2.41. The van der Waals surface area contributed by atoms with Gasteiger partial charge < -0.3 is 19.8 Å². The second-order valence-electron chi connectivity index (χ2n) is 5.58. The number of hydrogen-bond acceptors (Lipinski definition) is 4. The van der Waals surface area contributed by atoms with Crippen molar-refractivity contribution in [1.82, 2.24) is 20.4 Å². The minimum atomic E-state index is 0.483. The van der Waals surface area contributed by atoms with Gasteiger partial charge in [-0.25, -0.2) is 9.67 Å². The lowest BCUT2D eigenvalue weighted by molar-refractivity contribution is 0.414. The van der Waals surface area contributed by atoms with Gasteiger partial charge in [0.15, 0.2) is 5.96 Å². The molecule has 0 radical (unpaired) electrons. The van der Waals surface area contributed by atoms with Gasteiger partial charge in [-0.1, -0.05) is 0 Å². The summed E-state index contributed by atoms with van der Waals surface area (Å²) < 4.78 is 12.3. The van der Waals surface area contributed by atoms with Crippen molar-refractivity contribution in [3.05, 3.63) is 66.4 Å². The number of methoxy groups -OCH3 is 1. The third-order valence-corrected chi connectivity index (χ3v) is 3.73. The summed E-state index contributed by atoms with van der Waals surface area (Å²) in [5, 5.41) is 11.0. The third kappa shape index (κ3) is 4.66. The summed E-state index contributed by atoms with van der Waals surface area (Å²) >= 11 is 0. The summed E-state index contributed by atoms with van der Waals surface area (Å²) in [6, 6.07) is 13.5. The van der Waals surface area contributed by atoms with E-state index in [0.717, 1.165) is 35.4 Å². The highest BCUT2D eigenvalue weighted by Gasteiger charge is 2.03. The normalized spacial score (nSPS) is 11.4. The molecule has 2 heterocycles. The van der Waals surface area contributed by atoms with Crippen molar-refractivity contribution in [2.24, 2.45) is 4.99 Å². The van der Waals surface area contributed by atoms with E-state index in [9.17, 15) is 0 Å². The largest absolute Gasteiger partial charge is 0.497 e.